The predicted molar refractivity (Wildman–Crippen MR) is 82.3 cm³/mol. The molecule has 1 N–H and O–H groups in total. The topological polar surface area (TPSA) is 24.5 Å². The van der Waals surface area contributed by atoms with Crippen molar-refractivity contribution in [1.82, 2.24) is 10.2 Å². The number of nitrogens with zero attached hydrogens (tertiary/aromatic N) is 1. The summed E-state index contributed by atoms with van der Waals surface area (Å²) in [4.78, 5) is 2.33. The third kappa shape index (κ3) is 4.52. The summed E-state index contributed by atoms with van der Waals surface area (Å²) in [6, 6.07) is 5.75. The molecule has 0 radical (unpaired) electrons. The van der Waals surface area contributed by atoms with E-state index in [0.29, 0.717) is 17.1 Å². The van der Waals surface area contributed by atoms with E-state index in [1.807, 2.05) is 6.07 Å². The van der Waals surface area contributed by atoms with E-state index in [4.69, 9.17) is 4.74 Å². The molecule has 2 rings (SSSR count). The second kappa shape index (κ2) is 8.08. The highest BCUT2D eigenvalue weighted by Crippen LogP contribution is 2.22. The second-order valence-corrected chi connectivity index (χ2v) is 6.03. The van der Waals surface area contributed by atoms with Crippen molar-refractivity contribution in [3.8, 4) is 0 Å². The quantitative estimate of drug-likeness (QED) is 0.823. The van der Waals surface area contributed by atoms with E-state index in [2.05, 4.69) is 26.1 Å². The van der Waals surface area contributed by atoms with Gasteiger partial charge in [-0.3, -0.25) is 4.90 Å². The molecule has 112 valence electrons. The lowest BCUT2D eigenvalue weighted by molar-refractivity contribution is 0.138. The molecular weight excluding hydrogens is 323 g/mol. The molecule has 1 aliphatic heterocycles. The summed E-state index contributed by atoms with van der Waals surface area (Å²) in [6.45, 7) is 4.37. The van der Waals surface area contributed by atoms with Gasteiger partial charge in [0.25, 0.3) is 0 Å². The van der Waals surface area contributed by atoms with Crippen LogP contribution < -0.4 is 5.32 Å². The van der Waals surface area contributed by atoms with Gasteiger partial charge in [0, 0.05) is 32.8 Å². The van der Waals surface area contributed by atoms with E-state index in [0.717, 1.165) is 31.7 Å². The molecule has 0 spiro atoms. The van der Waals surface area contributed by atoms with Crippen molar-refractivity contribution in [2.45, 2.75) is 25.4 Å². The summed E-state index contributed by atoms with van der Waals surface area (Å²) in [6.07, 6.45) is 2.46. The molecule has 1 unspecified atom stereocenters. The molecule has 1 fully saturated rings. The van der Waals surface area contributed by atoms with E-state index in [1.54, 1.807) is 13.2 Å². The molecule has 1 atom stereocenters. The first-order valence-corrected chi connectivity index (χ1v) is 7.87. The predicted octanol–water partition coefficient (Wildman–Crippen LogP) is 2.79. The van der Waals surface area contributed by atoms with Crippen molar-refractivity contribution in [1.29, 1.82) is 0 Å². The highest BCUT2D eigenvalue weighted by Gasteiger charge is 2.19. The number of halogens is 2. The number of benzene rings is 1. The maximum Gasteiger partial charge on any atom is 0.137 e. The lowest BCUT2D eigenvalue weighted by Gasteiger charge is -2.26. The minimum Gasteiger partial charge on any atom is -0.383 e. The minimum absolute atomic E-state index is 0.201. The fourth-order valence-electron chi connectivity index (χ4n) is 2.59. The monoisotopic (exact) mass is 344 g/mol. The zero-order valence-electron chi connectivity index (χ0n) is 11.9. The van der Waals surface area contributed by atoms with Crippen LogP contribution in [0.1, 0.15) is 18.4 Å². The Morgan fingerprint density at radius 3 is 3.05 bits per heavy atom. The van der Waals surface area contributed by atoms with Crippen molar-refractivity contribution in [2.75, 3.05) is 33.4 Å². The van der Waals surface area contributed by atoms with Gasteiger partial charge in [-0.15, -0.1) is 0 Å². The zero-order chi connectivity index (χ0) is 14.4. The summed E-state index contributed by atoms with van der Waals surface area (Å²) < 4.78 is 19.3. The van der Waals surface area contributed by atoms with Gasteiger partial charge in [0.15, 0.2) is 0 Å². The number of methoxy groups -OCH3 is 1. The third-order valence-electron chi connectivity index (χ3n) is 3.68. The van der Waals surface area contributed by atoms with Gasteiger partial charge in [-0.2, -0.15) is 0 Å². The fourth-order valence-corrected chi connectivity index (χ4v) is 2.98. The number of rotatable bonds is 7. The van der Waals surface area contributed by atoms with E-state index in [9.17, 15) is 4.39 Å². The first-order valence-electron chi connectivity index (χ1n) is 7.08. The lowest BCUT2D eigenvalue weighted by atomic mass is 10.1. The fraction of sp³-hybridized carbons (Fsp3) is 0.600. The number of hydrogen-bond acceptors (Lipinski definition) is 3. The van der Waals surface area contributed by atoms with Gasteiger partial charge in [-0.25, -0.2) is 4.39 Å². The van der Waals surface area contributed by atoms with Gasteiger partial charge in [0.2, 0.25) is 0 Å². The summed E-state index contributed by atoms with van der Waals surface area (Å²) in [7, 11) is 1.71. The average Bonchev–Trinajstić information content (AvgIpc) is 2.94. The Kier molecular flexibility index (Phi) is 6.42. The summed E-state index contributed by atoms with van der Waals surface area (Å²) in [5, 5.41) is 3.51. The van der Waals surface area contributed by atoms with Crippen LogP contribution in [0.25, 0.3) is 0 Å². The van der Waals surface area contributed by atoms with Crippen LogP contribution in [-0.2, 0) is 11.3 Å². The van der Waals surface area contributed by atoms with Gasteiger partial charge in [-0.05, 0) is 46.9 Å². The van der Waals surface area contributed by atoms with Crippen molar-refractivity contribution >= 4 is 15.9 Å². The van der Waals surface area contributed by atoms with Crippen LogP contribution in [0.15, 0.2) is 22.7 Å². The smallest absolute Gasteiger partial charge is 0.137 e. The van der Waals surface area contributed by atoms with Crippen molar-refractivity contribution in [3.05, 3.63) is 34.1 Å². The van der Waals surface area contributed by atoms with E-state index in [1.165, 1.54) is 18.9 Å². The molecule has 1 aromatic carbocycles. The summed E-state index contributed by atoms with van der Waals surface area (Å²) in [5.41, 5.74) is 0.985. The first-order chi connectivity index (χ1) is 9.70. The molecule has 5 heteroatoms. The van der Waals surface area contributed by atoms with Gasteiger partial charge >= 0.3 is 0 Å². The van der Waals surface area contributed by atoms with Gasteiger partial charge in [-0.1, -0.05) is 12.1 Å². The Hall–Kier alpha value is -0.490. The Labute approximate surface area is 128 Å². The van der Waals surface area contributed by atoms with Crippen LogP contribution in [0.4, 0.5) is 4.39 Å². The molecule has 1 saturated heterocycles. The maximum atomic E-state index is 13.6. The Bertz CT molecular complexity index is 424. The average molecular weight is 345 g/mol. The van der Waals surface area contributed by atoms with Crippen LogP contribution in [0.2, 0.25) is 0 Å². The molecule has 1 heterocycles. The molecule has 0 aliphatic carbocycles. The largest absolute Gasteiger partial charge is 0.383 e. The maximum absolute atomic E-state index is 13.6. The normalized spacial score (nSPS) is 18.9. The molecular formula is C15H22BrFN2O. The van der Waals surface area contributed by atoms with Crippen LogP contribution in [-0.4, -0.2) is 44.3 Å². The number of nitrogens with one attached hydrogen (secondary N) is 1. The Balaban J connectivity index is 1.99. The zero-order valence-corrected chi connectivity index (χ0v) is 13.5. The SMILES string of the molecule is COCCN(Cc1cccc(F)c1Br)CC1CCCN1. The number of ether oxygens (including phenoxy) is 1. The van der Waals surface area contributed by atoms with Gasteiger partial charge in [0.05, 0.1) is 11.1 Å². The lowest BCUT2D eigenvalue weighted by Crippen LogP contribution is -2.38. The standard InChI is InChI=1S/C15H22BrFN2O/c1-20-9-8-19(11-13-5-3-7-18-13)10-12-4-2-6-14(17)15(12)16/h2,4,6,13,18H,3,5,7-11H2,1H3. The summed E-state index contributed by atoms with van der Waals surface area (Å²) >= 11 is 3.34. The van der Waals surface area contributed by atoms with Gasteiger partial charge in [0.1, 0.15) is 5.82 Å². The molecule has 0 aromatic heterocycles. The highest BCUT2D eigenvalue weighted by atomic mass is 79.9. The van der Waals surface area contributed by atoms with Crippen molar-refractivity contribution < 1.29 is 9.13 Å². The molecule has 0 bridgehead atoms. The molecule has 0 amide bonds. The minimum atomic E-state index is -0.201. The molecule has 1 aliphatic rings. The van der Waals surface area contributed by atoms with E-state index >= 15 is 0 Å². The second-order valence-electron chi connectivity index (χ2n) is 5.23. The molecule has 20 heavy (non-hydrogen) atoms. The molecule has 0 saturated carbocycles. The summed E-state index contributed by atoms with van der Waals surface area (Å²) in [5.74, 6) is -0.201. The van der Waals surface area contributed by atoms with E-state index < -0.39 is 0 Å². The van der Waals surface area contributed by atoms with Crippen molar-refractivity contribution in [2.24, 2.45) is 0 Å². The van der Waals surface area contributed by atoms with Crippen LogP contribution in [0.5, 0.6) is 0 Å². The van der Waals surface area contributed by atoms with Crippen LogP contribution in [0, 0.1) is 5.82 Å². The van der Waals surface area contributed by atoms with Crippen LogP contribution in [0.3, 0.4) is 0 Å². The Morgan fingerprint density at radius 1 is 1.50 bits per heavy atom. The van der Waals surface area contributed by atoms with Crippen molar-refractivity contribution in [3.63, 3.8) is 0 Å². The molecule has 1 aromatic rings. The Morgan fingerprint density at radius 2 is 2.35 bits per heavy atom. The van der Waals surface area contributed by atoms with Gasteiger partial charge < -0.3 is 10.1 Å². The highest BCUT2D eigenvalue weighted by molar-refractivity contribution is 9.10. The third-order valence-corrected chi connectivity index (χ3v) is 4.57. The van der Waals surface area contributed by atoms with E-state index in [-0.39, 0.29) is 5.82 Å². The number of hydrogen-bond donors (Lipinski definition) is 1. The first kappa shape index (κ1) is 15.9. The molecule has 3 nitrogen and oxygen atoms in total. The van der Waals surface area contributed by atoms with Crippen LogP contribution >= 0.6 is 15.9 Å².